The zero-order chi connectivity index (χ0) is 12.8. The van der Waals surface area contributed by atoms with E-state index in [1.807, 2.05) is 17.5 Å². The van der Waals surface area contributed by atoms with Gasteiger partial charge in [0.1, 0.15) is 0 Å². The van der Waals surface area contributed by atoms with Crippen LogP contribution in [0.5, 0.6) is 0 Å². The molecule has 0 saturated carbocycles. The van der Waals surface area contributed by atoms with Crippen molar-refractivity contribution in [3.8, 4) is 10.8 Å². The Morgan fingerprint density at radius 2 is 2.44 bits per heavy atom. The molecule has 2 aromatic heterocycles. The summed E-state index contributed by atoms with van der Waals surface area (Å²) in [4.78, 5) is 12.2. The van der Waals surface area contributed by atoms with Crippen molar-refractivity contribution in [3.05, 3.63) is 17.5 Å². The van der Waals surface area contributed by atoms with Crippen LogP contribution in [0.2, 0.25) is 0 Å². The monoisotopic (exact) mass is 268 g/mol. The largest absolute Gasteiger partial charge is 0.402 e. The molecule has 8 heteroatoms. The van der Waals surface area contributed by atoms with E-state index in [-0.39, 0.29) is 6.01 Å². The molecule has 0 aromatic carbocycles. The molecule has 0 unspecified atom stereocenters. The number of amides is 2. The summed E-state index contributed by atoms with van der Waals surface area (Å²) < 4.78 is 10.1. The number of rotatable bonds is 5. The first-order valence-electron chi connectivity index (χ1n) is 5.21. The Bertz CT molecular complexity index is 497. The van der Waals surface area contributed by atoms with Gasteiger partial charge in [-0.05, 0) is 11.4 Å². The number of nitrogens with one attached hydrogen (secondary N) is 2. The maximum Gasteiger partial charge on any atom is 0.324 e. The van der Waals surface area contributed by atoms with Crippen molar-refractivity contribution in [2.45, 2.75) is 0 Å². The van der Waals surface area contributed by atoms with Crippen molar-refractivity contribution >= 4 is 23.4 Å². The summed E-state index contributed by atoms with van der Waals surface area (Å²) in [5.74, 6) is 0.386. The predicted octanol–water partition coefficient (Wildman–Crippen LogP) is 1.57. The minimum Gasteiger partial charge on any atom is -0.402 e. The normalized spacial score (nSPS) is 10.3. The molecular formula is C10H12N4O3S. The standard InChI is InChI=1S/C10H12N4O3S/c1-16-5-4-11-9(15)12-10-14-13-8(17-10)7-3-2-6-18-7/h2-3,6H,4-5H2,1H3,(H2,11,12,14,15). The molecular weight excluding hydrogens is 256 g/mol. The Morgan fingerprint density at radius 3 is 3.17 bits per heavy atom. The molecule has 18 heavy (non-hydrogen) atoms. The van der Waals surface area contributed by atoms with E-state index in [1.54, 1.807) is 7.11 Å². The van der Waals surface area contributed by atoms with Crippen LogP contribution in [0.3, 0.4) is 0 Å². The lowest BCUT2D eigenvalue weighted by atomic mass is 10.5. The molecule has 7 nitrogen and oxygen atoms in total. The molecule has 0 radical (unpaired) electrons. The van der Waals surface area contributed by atoms with Crippen LogP contribution in [-0.4, -0.2) is 36.5 Å². The van der Waals surface area contributed by atoms with E-state index in [0.717, 1.165) is 4.88 Å². The van der Waals surface area contributed by atoms with Crippen LogP contribution < -0.4 is 10.6 Å². The molecule has 0 aliphatic heterocycles. The number of thiophene rings is 1. The zero-order valence-corrected chi connectivity index (χ0v) is 10.5. The number of carbonyl (C=O) groups excluding carboxylic acids is 1. The summed E-state index contributed by atoms with van der Waals surface area (Å²) in [5.41, 5.74) is 0. The second-order valence-corrected chi connectivity index (χ2v) is 4.21. The highest BCUT2D eigenvalue weighted by Crippen LogP contribution is 2.24. The minimum atomic E-state index is -0.409. The number of hydrogen-bond donors (Lipinski definition) is 2. The molecule has 0 spiro atoms. The van der Waals surface area contributed by atoms with Crippen molar-refractivity contribution < 1.29 is 13.9 Å². The van der Waals surface area contributed by atoms with Crippen molar-refractivity contribution in [1.29, 1.82) is 0 Å². The van der Waals surface area contributed by atoms with E-state index in [2.05, 4.69) is 20.8 Å². The van der Waals surface area contributed by atoms with E-state index in [4.69, 9.17) is 9.15 Å². The van der Waals surface area contributed by atoms with Gasteiger partial charge in [-0.2, -0.15) is 0 Å². The van der Waals surface area contributed by atoms with Gasteiger partial charge >= 0.3 is 12.0 Å². The Balaban J connectivity index is 1.89. The Hall–Kier alpha value is -1.93. The fourth-order valence-corrected chi connectivity index (χ4v) is 1.83. The third-order valence-corrected chi connectivity index (χ3v) is 2.83. The average Bonchev–Trinajstić information content (AvgIpc) is 2.98. The number of anilines is 1. The van der Waals surface area contributed by atoms with Gasteiger partial charge in [0, 0.05) is 13.7 Å². The summed E-state index contributed by atoms with van der Waals surface area (Å²) in [7, 11) is 1.56. The first-order chi connectivity index (χ1) is 8.79. The number of aromatic nitrogens is 2. The van der Waals surface area contributed by atoms with Crippen LogP contribution in [0.4, 0.5) is 10.8 Å². The van der Waals surface area contributed by atoms with Gasteiger partial charge < -0.3 is 14.5 Å². The lowest BCUT2D eigenvalue weighted by Crippen LogP contribution is -2.31. The molecule has 2 N–H and O–H groups in total. The number of hydrogen-bond acceptors (Lipinski definition) is 6. The molecule has 0 saturated heterocycles. The van der Waals surface area contributed by atoms with Crippen molar-refractivity contribution in [3.63, 3.8) is 0 Å². The first-order valence-corrected chi connectivity index (χ1v) is 6.08. The molecule has 0 fully saturated rings. The first kappa shape index (κ1) is 12.5. The summed E-state index contributed by atoms with van der Waals surface area (Å²) in [6.45, 7) is 0.853. The maximum absolute atomic E-state index is 11.4. The van der Waals surface area contributed by atoms with Gasteiger partial charge in [0.05, 0.1) is 11.5 Å². The maximum atomic E-state index is 11.4. The van der Waals surface area contributed by atoms with Gasteiger partial charge in [-0.3, -0.25) is 5.32 Å². The zero-order valence-electron chi connectivity index (χ0n) is 9.67. The SMILES string of the molecule is COCCNC(=O)Nc1nnc(-c2cccs2)o1. The summed E-state index contributed by atoms with van der Waals surface area (Å²) in [6, 6.07) is 3.40. The Kier molecular flexibility index (Phi) is 4.26. The summed E-state index contributed by atoms with van der Waals surface area (Å²) >= 11 is 1.48. The number of urea groups is 1. The third-order valence-electron chi connectivity index (χ3n) is 1.97. The molecule has 2 aromatic rings. The van der Waals surface area contributed by atoms with Gasteiger partial charge in [-0.15, -0.1) is 16.4 Å². The molecule has 0 aliphatic rings. The molecule has 2 heterocycles. The summed E-state index contributed by atoms with van der Waals surface area (Å²) in [6.07, 6.45) is 0. The Labute approximate surface area is 107 Å². The van der Waals surface area contributed by atoms with Gasteiger partial charge in [0.25, 0.3) is 5.89 Å². The van der Waals surface area contributed by atoms with E-state index >= 15 is 0 Å². The van der Waals surface area contributed by atoms with Gasteiger partial charge in [0.2, 0.25) is 0 Å². The average molecular weight is 268 g/mol. The van der Waals surface area contributed by atoms with Crippen LogP contribution in [0.1, 0.15) is 0 Å². The molecule has 0 bridgehead atoms. The molecule has 0 aliphatic carbocycles. The van der Waals surface area contributed by atoms with Crippen LogP contribution >= 0.6 is 11.3 Å². The third kappa shape index (κ3) is 3.28. The highest BCUT2D eigenvalue weighted by atomic mass is 32.1. The van der Waals surface area contributed by atoms with Crippen LogP contribution in [-0.2, 0) is 4.74 Å². The minimum absolute atomic E-state index is 0.0633. The van der Waals surface area contributed by atoms with Crippen LogP contribution in [0.15, 0.2) is 21.9 Å². The van der Waals surface area contributed by atoms with E-state index in [0.29, 0.717) is 19.0 Å². The van der Waals surface area contributed by atoms with Crippen molar-refractivity contribution in [1.82, 2.24) is 15.5 Å². The highest BCUT2D eigenvalue weighted by Gasteiger charge is 2.11. The topological polar surface area (TPSA) is 89.3 Å². The van der Waals surface area contributed by atoms with E-state index < -0.39 is 6.03 Å². The smallest absolute Gasteiger partial charge is 0.324 e. The second-order valence-electron chi connectivity index (χ2n) is 3.26. The second kappa shape index (κ2) is 6.12. The number of nitrogens with zero attached hydrogens (tertiary/aromatic N) is 2. The van der Waals surface area contributed by atoms with Crippen molar-refractivity contribution in [2.75, 3.05) is 25.6 Å². The van der Waals surface area contributed by atoms with Crippen LogP contribution in [0, 0.1) is 0 Å². The Morgan fingerprint density at radius 1 is 1.56 bits per heavy atom. The molecule has 2 rings (SSSR count). The number of ether oxygens (including phenoxy) is 1. The fraction of sp³-hybridized carbons (Fsp3) is 0.300. The lowest BCUT2D eigenvalue weighted by Gasteiger charge is -2.02. The molecule has 96 valence electrons. The van der Waals surface area contributed by atoms with Gasteiger partial charge in [-0.25, -0.2) is 4.79 Å². The molecule has 2 amide bonds. The highest BCUT2D eigenvalue weighted by molar-refractivity contribution is 7.13. The number of methoxy groups -OCH3 is 1. The quantitative estimate of drug-likeness (QED) is 0.803. The van der Waals surface area contributed by atoms with Crippen LogP contribution in [0.25, 0.3) is 10.8 Å². The predicted molar refractivity (Wildman–Crippen MR) is 66.5 cm³/mol. The van der Waals surface area contributed by atoms with E-state index in [1.165, 1.54) is 11.3 Å². The van der Waals surface area contributed by atoms with Gasteiger partial charge in [0.15, 0.2) is 0 Å². The lowest BCUT2D eigenvalue weighted by molar-refractivity contribution is 0.198. The van der Waals surface area contributed by atoms with Crippen molar-refractivity contribution in [2.24, 2.45) is 0 Å². The number of carbonyl (C=O) groups is 1. The van der Waals surface area contributed by atoms with E-state index in [9.17, 15) is 4.79 Å². The fourth-order valence-electron chi connectivity index (χ4n) is 1.18. The summed E-state index contributed by atoms with van der Waals surface area (Å²) in [5, 5.41) is 14.5. The van der Waals surface area contributed by atoms with Gasteiger partial charge in [-0.1, -0.05) is 11.2 Å². The molecule has 0 atom stereocenters.